The summed E-state index contributed by atoms with van der Waals surface area (Å²) in [6.07, 6.45) is 3.78. The molecule has 28 heavy (non-hydrogen) atoms. The average Bonchev–Trinajstić information content (AvgIpc) is 3.21. The van der Waals surface area contributed by atoms with Gasteiger partial charge in [0.25, 0.3) is 5.91 Å². The molecule has 1 heterocycles. The maximum Gasteiger partial charge on any atom is 0.253 e. The summed E-state index contributed by atoms with van der Waals surface area (Å²) >= 11 is 0. The molecule has 1 aromatic rings. The minimum atomic E-state index is 0. The van der Waals surface area contributed by atoms with Gasteiger partial charge in [0.2, 0.25) is 0 Å². The van der Waals surface area contributed by atoms with Crippen molar-refractivity contribution >= 4 is 35.8 Å². The Kier molecular flexibility index (Phi) is 11.4. The van der Waals surface area contributed by atoms with Crippen molar-refractivity contribution in [1.82, 2.24) is 20.4 Å². The van der Waals surface area contributed by atoms with Crippen LogP contribution in [0.5, 0.6) is 0 Å². The lowest BCUT2D eigenvalue weighted by Gasteiger charge is -2.27. The minimum absolute atomic E-state index is 0. The maximum absolute atomic E-state index is 12.0. The average molecular weight is 501 g/mol. The predicted octanol–water partition coefficient (Wildman–Crippen LogP) is 2.94. The van der Waals surface area contributed by atoms with Crippen LogP contribution in [0.15, 0.2) is 29.3 Å². The van der Waals surface area contributed by atoms with Crippen LogP contribution in [0, 0.1) is 0 Å². The number of nitrogens with zero attached hydrogens (tertiary/aromatic N) is 3. The first-order valence-electron chi connectivity index (χ1n) is 10.1. The summed E-state index contributed by atoms with van der Waals surface area (Å²) in [6, 6.07) is 8.25. The molecule has 7 heteroatoms. The molecule has 0 bridgehead atoms. The van der Waals surface area contributed by atoms with Crippen LogP contribution < -0.4 is 10.6 Å². The Hall–Kier alpha value is -1.35. The minimum Gasteiger partial charge on any atom is -0.357 e. The first kappa shape index (κ1) is 24.7. The Morgan fingerprint density at radius 1 is 1.14 bits per heavy atom. The summed E-state index contributed by atoms with van der Waals surface area (Å²) in [7, 11) is 3.53. The molecule has 1 atom stereocenters. The van der Waals surface area contributed by atoms with E-state index in [0.717, 1.165) is 31.0 Å². The highest BCUT2D eigenvalue weighted by Crippen LogP contribution is 2.13. The number of amides is 1. The van der Waals surface area contributed by atoms with Crippen LogP contribution in [0.3, 0.4) is 0 Å². The standard InChI is InChI=1S/C21H35N5O.HI/c1-5-19(26-13-7-8-14-26)16-24-21(22-6-2)23-15-17-9-11-18(12-10-17)20(27)25(3)4;/h9-12,19H,5-8,13-16H2,1-4H3,(H2,22,23,24);1H. The van der Waals surface area contributed by atoms with E-state index >= 15 is 0 Å². The lowest BCUT2D eigenvalue weighted by Crippen LogP contribution is -2.46. The summed E-state index contributed by atoms with van der Waals surface area (Å²) in [4.78, 5) is 20.8. The van der Waals surface area contributed by atoms with Gasteiger partial charge in [0.05, 0.1) is 6.54 Å². The number of rotatable bonds is 8. The van der Waals surface area contributed by atoms with E-state index in [1.807, 2.05) is 24.3 Å². The second-order valence-electron chi connectivity index (χ2n) is 7.28. The van der Waals surface area contributed by atoms with Crippen molar-refractivity contribution in [1.29, 1.82) is 0 Å². The Morgan fingerprint density at radius 3 is 2.32 bits per heavy atom. The fraction of sp³-hybridized carbons (Fsp3) is 0.619. The molecule has 1 saturated heterocycles. The van der Waals surface area contributed by atoms with Crippen LogP contribution in [0.4, 0.5) is 0 Å². The van der Waals surface area contributed by atoms with Crippen LogP contribution in [0.2, 0.25) is 0 Å². The van der Waals surface area contributed by atoms with Crippen LogP contribution in [0.25, 0.3) is 0 Å². The zero-order chi connectivity index (χ0) is 19.6. The van der Waals surface area contributed by atoms with Gasteiger partial charge in [-0.05, 0) is 57.0 Å². The molecule has 2 N–H and O–H groups in total. The van der Waals surface area contributed by atoms with E-state index in [1.54, 1.807) is 19.0 Å². The van der Waals surface area contributed by atoms with E-state index in [1.165, 1.54) is 25.9 Å². The first-order chi connectivity index (χ1) is 13.0. The molecule has 0 aromatic heterocycles. The van der Waals surface area contributed by atoms with Gasteiger partial charge in [-0.15, -0.1) is 24.0 Å². The number of halogens is 1. The molecule has 2 rings (SSSR count). The van der Waals surface area contributed by atoms with Gasteiger partial charge in [-0.1, -0.05) is 19.1 Å². The molecule has 0 saturated carbocycles. The van der Waals surface area contributed by atoms with Gasteiger partial charge in [0.1, 0.15) is 0 Å². The van der Waals surface area contributed by atoms with Crippen molar-refractivity contribution in [2.24, 2.45) is 4.99 Å². The largest absolute Gasteiger partial charge is 0.357 e. The highest BCUT2D eigenvalue weighted by atomic mass is 127. The molecule has 1 amide bonds. The Balaban J connectivity index is 0.00000392. The molecule has 1 fully saturated rings. The van der Waals surface area contributed by atoms with Gasteiger partial charge in [0.15, 0.2) is 5.96 Å². The molecule has 0 radical (unpaired) electrons. The van der Waals surface area contributed by atoms with Gasteiger partial charge >= 0.3 is 0 Å². The van der Waals surface area contributed by atoms with Gasteiger partial charge in [0, 0.05) is 38.8 Å². The normalized spacial score (nSPS) is 15.6. The fourth-order valence-electron chi connectivity index (χ4n) is 3.38. The number of carbonyl (C=O) groups excluding carboxylic acids is 1. The van der Waals surface area contributed by atoms with Crippen molar-refractivity contribution in [3.8, 4) is 0 Å². The molecular weight excluding hydrogens is 465 g/mol. The highest BCUT2D eigenvalue weighted by molar-refractivity contribution is 14.0. The van der Waals surface area contributed by atoms with Crippen molar-refractivity contribution in [3.05, 3.63) is 35.4 Å². The van der Waals surface area contributed by atoms with Crippen LogP contribution in [0.1, 0.15) is 49.0 Å². The predicted molar refractivity (Wildman–Crippen MR) is 128 cm³/mol. The molecule has 1 aromatic carbocycles. The lowest BCUT2D eigenvalue weighted by atomic mass is 10.1. The number of hydrogen-bond donors (Lipinski definition) is 2. The molecule has 1 aliphatic rings. The number of nitrogens with one attached hydrogen (secondary N) is 2. The molecule has 1 unspecified atom stereocenters. The van der Waals surface area contributed by atoms with E-state index in [4.69, 9.17) is 4.99 Å². The van der Waals surface area contributed by atoms with Crippen molar-refractivity contribution < 1.29 is 4.79 Å². The molecule has 6 nitrogen and oxygen atoms in total. The summed E-state index contributed by atoms with van der Waals surface area (Å²) in [5.41, 5.74) is 1.79. The topological polar surface area (TPSA) is 60.0 Å². The SMILES string of the molecule is CCNC(=NCc1ccc(C(=O)N(C)C)cc1)NCC(CC)N1CCCC1.I. The van der Waals surface area contributed by atoms with Gasteiger partial charge in [-0.25, -0.2) is 4.99 Å². The van der Waals surface area contributed by atoms with E-state index in [9.17, 15) is 4.79 Å². The van der Waals surface area contributed by atoms with Crippen molar-refractivity contribution in [2.45, 2.75) is 45.7 Å². The van der Waals surface area contributed by atoms with Crippen molar-refractivity contribution in [2.75, 3.05) is 40.3 Å². The summed E-state index contributed by atoms with van der Waals surface area (Å²) < 4.78 is 0. The zero-order valence-electron chi connectivity index (χ0n) is 17.7. The number of carbonyl (C=O) groups is 1. The molecule has 0 aliphatic carbocycles. The fourth-order valence-corrected chi connectivity index (χ4v) is 3.38. The summed E-state index contributed by atoms with van der Waals surface area (Å²) in [5.74, 6) is 0.871. The number of benzene rings is 1. The van der Waals surface area contributed by atoms with Gasteiger partial charge in [-0.2, -0.15) is 0 Å². The second-order valence-corrected chi connectivity index (χ2v) is 7.28. The molecule has 1 aliphatic heterocycles. The van der Waals surface area contributed by atoms with Crippen molar-refractivity contribution in [3.63, 3.8) is 0 Å². The van der Waals surface area contributed by atoms with Crippen LogP contribution >= 0.6 is 24.0 Å². The number of guanidine groups is 1. The Morgan fingerprint density at radius 2 is 1.79 bits per heavy atom. The van der Waals surface area contributed by atoms with E-state index in [2.05, 4.69) is 29.4 Å². The Bertz CT molecular complexity index is 612. The molecule has 0 spiro atoms. The van der Waals surface area contributed by atoms with Gasteiger partial charge in [-0.3, -0.25) is 9.69 Å². The number of hydrogen-bond acceptors (Lipinski definition) is 3. The van der Waals surface area contributed by atoms with E-state index in [0.29, 0.717) is 18.2 Å². The number of aliphatic imine (C=N–C) groups is 1. The number of likely N-dealkylation sites (tertiary alicyclic amines) is 1. The maximum atomic E-state index is 12.0. The first-order valence-corrected chi connectivity index (χ1v) is 10.1. The smallest absolute Gasteiger partial charge is 0.253 e. The summed E-state index contributed by atoms with van der Waals surface area (Å²) in [5, 5.41) is 6.83. The lowest BCUT2D eigenvalue weighted by molar-refractivity contribution is 0.0827. The zero-order valence-corrected chi connectivity index (χ0v) is 20.0. The van der Waals surface area contributed by atoms with Crippen LogP contribution in [-0.2, 0) is 6.54 Å². The van der Waals surface area contributed by atoms with E-state index < -0.39 is 0 Å². The molecular formula is C21H36IN5O. The van der Waals surface area contributed by atoms with Crippen LogP contribution in [-0.4, -0.2) is 68.0 Å². The highest BCUT2D eigenvalue weighted by Gasteiger charge is 2.20. The van der Waals surface area contributed by atoms with Gasteiger partial charge < -0.3 is 15.5 Å². The Labute approximate surface area is 187 Å². The third-order valence-corrected chi connectivity index (χ3v) is 5.00. The quantitative estimate of drug-likeness (QED) is 0.327. The van der Waals surface area contributed by atoms with E-state index in [-0.39, 0.29) is 29.9 Å². The monoisotopic (exact) mass is 501 g/mol. The second kappa shape index (κ2) is 13.0. The molecule has 158 valence electrons. The third kappa shape index (κ3) is 7.58. The third-order valence-electron chi connectivity index (χ3n) is 5.00. The summed E-state index contributed by atoms with van der Waals surface area (Å²) in [6.45, 7) is 9.10.